The Hall–Kier alpha value is -3.44. The first kappa shape index (κ1) is 18.9. The minimum atomic E-state index is -3.81. The molecule has 0 unspecified atom stereocenters. The molecule has 4 rings (SSSR count). The van der Waals surface area contributed by atoms with Gasteiger partial charge in [0.2, 0.25) is 21.8 Å². The Kier molecular flexibility index (Phi) is 4.91. The molecule has 0 bridgehead atoms. The number of anilines is 1. The predicted octanol–water partition coefficient (Wildman–Crippen LogP) is 0.794. The summed E-state index contributed by atoms with van der Waals surface area (Å²) in [5.41, 5.74) is 1.55. The molecule has 148 valence electrons. The molecule has 0 aliphatic carbocycles. The van der Waals surface area contributed by atoms with Crippen LogP contribution in [0.25, 0.3) is 5.69 Å². The fraction of sp³-hybridized carbons (Fsp3) is 0.167. The van der Waals surface area contributed by atoms with Gasteiger partial charge in [0.05, 0.1) is 34.7 Å². The van der Waals surface area contributed by atoms with Crippen molar-refractivity contribution in [2.45, 2.75) is 24.3 Å². The number of hydrogen-bond donors (Lipinski definition) is 1. The van der Waals surface area contributed by atoms with Crippen molar-refractivity contribution in [3.63, 3.8) is 0 Å². The van der Waals surface area contributed by atoms with Gasteiger partial charge in [-0.2, -0.15) is 0 Å². The van der Waals surface area contributed by atoms with Crippen LogP contribution in [0.15, 0.2) is 59.9 Å². The van der Waals surface area contributed by atoms with Crippen LogP contribution in [-0.2, 0) is 26.2 Å². The van der Waals surface area contributed by atoms with Crippen molar-refractivity contribution in [3.8, 4) is 5.69 Å². The zero-order valence-corrected chi connectivity index (χ0v) is 15.9. The number of carbonyl (C=O) groups excluding carboxylic acids is 2. The summed E-state index contributed by atoms with van der Waals surface area (Å²) in [5, 5.41) is 7.92. The number of imide groups is 1. The van der Waals surface area contributed by atoms with Crippen LogP contribution in [0, 0.1) is 0 Å². The third kappa shape index (κ3) is 3.91. The quantitative estimate of drug-likeness (QED) is 0.593. The molecule has 0 spiro atoms. The zero-order chi connectivity index (χ0) is 20.4. The van der Waals surface area contributed by atoms with E-state index in [4.69, 9.17) is 0 Å². The van der Waals surface area contributed by atoms with E-state index in [2.05, 4.69) is 20.0 Å². The number of nitrogens with one attached hydrogen (secondary N) is 1. The molecule has 2 aromatic heterocycles. The number of amides is 2. The van der Waals surface area contributed by atoms with Crippen LogP contribution in [0.5, 0.6) is 0 Å². The van der Waals surface area contributed by atoms with Crippen LogP contribution in [0.4, 0.5) is 5.69 Å². The minimum absolute atomic E-state index is 0.0156. The van der Waals surface area contributed by atoms with Gasteiger partial charge in [0.25, 0.3) is 0 Å². The third-order valence-corrected chi connectivity index (χ3v) is 5.79. The summed E-state index contributed by atoms with van der Waals surface area (Å²) >= 11 is 0. The lowest BCUT2D eigenvalue weighted by molar-refractivity contribution is -0.121. The van der Waals surface area contributed by atoms with Gasteiger partial charge in [-0.1, -0.05) is 5.21 Å². The lowest BCUT2D eigenvalue weighted by Gasteiger charge is -2.14. The molecule has 29 heavy (non-hydrogen) atoms. The first-order valence-electron chi connectivity index (χ1n) is 8.71. The highest BCUT2D eigenvalue weighted by Gasteiger charge is 2.30. The average molecular weight is 412 g/mol. The van der Waals surface area contributed by atoms with Gasteiger partial charge in [0.1, 0.15) is 0 Å². The Bertz CT molecular complexity index is 1140. The van der Waals surface area contributed by atoms with Crippen LogP contribution in [-0.4, -0.2) is 40.2 Å². The zero-order valence-electron chi connectivity index (χ0n) is 15.1. The average Bonchev–Trinajstić information content (AvgIpc) is 3.34. The Morgan fingerprint density at radius 1 is 0.931 bits per heavy atom. The number of hydrogen-bond acceptors (Lipinski definition) is 7. The number of sulfonamides is 1. The summed E-state index contributed by atoms with van der Waals surface area (Å²) in [6.07, 6.45) is 5.19. The first-order valence-corrected chi connectivity index (χ1v) is 10.2. The van der Waals surface area contributed by atoms with Crippen molar-refractivity contribution in [1.29, 1.82) is 0 Å². The third-order valence-electron chi connectivity index (χ3n) is 4.37. The molecule has 3 aromatic rings. The molecule has 1 aliphatic rings. The second kappa shape index (κ2) is 7.53. The topological polar surface area (TPSA) is 127 Å². The van der Waals surface area contributed by atoms with Gasteiger partial charge in [0.15, 0.2) is 0 Å². The molecule has 3 heterocycles. The standard InChI is InChI=1S/C18H16N6O4S/c25-17-5-6-18(26)24(17)15-1-3-16(4-2-15)29(27,28)20-11-13-12-23(22-21-13)14-7-9-19-10-8-14/h1-4,7-10,12,20H,5-6,11H2. The number of rotatable bonds is 6. The molecule has 1 fully saturated rings. The van der Waals surface area contributed by atoms with Gasteiger partial charge in [-0.25, -0.2) is 17.8 Å². The molecule has 2 amide bonds. The first-order chi connectivity index (χ1) is 13.9. The van der Waals surface area contributed by atoms with Crippen LogP contribution >= 0.6 is 0 Å². The number of nitrogens with zero attached hydrogens (tertiary/aromatic N) is 5. The smallest absolute Gasteiger partial charge is 0.240 e. The van der Waals surface area contributed by atoms with Gasteiger partial charge >= 0.3 is 0 Å². The van der Waals surface area contributed by atoms with E-state index in [9.17, 15) is 18.0 Å². The predicted molar refractivity (Wildman–Crippen MR) is 101 cm³/mol. The maximum absolute atomic E-state index is 12.5. The van der Waals surface area contributed by atoms with Gasteiger partial charge in [-0.15, -0.1) is 5.10 Å². The van der Waals surface area contributed by atoms with E-state index in [1.807, 2.05) is 0 Å². The summed E-state index contributed by atoms with van der Waals surface area (Å²) in [7, 11) is -3.81. The van der Waals surface area contributed by atoms with E-state index in [1.54, 1.807) is 30.7 Å². The summed E-state index contributed by atoms with van der Waals surface area (Å²) in [6.45, 7) is -0.0434. The second-order valence-electron chi connectivity index (χ2n) is 6.30. The lowest BCUT2D eigenvalue weighted by Crippen LogP contribution is -2.28. The van der Waals surface area contributed by atoms with Crippen LogP contribution in [0.2, 0.25) is 0 Å². The molecule has 0 atom stereocenters. The fourth-order valence-corrected chi connectivity index (χ4v) is 3.89. The van der Waals surface area contributed by atoms with Gasteiger partial charge in [-0.3, -0.25) is 19.5 Å². The highest BCUT2D eigenvalue weighted by Crippen LogP contribution is 2.24. The molecule has 0 saturated carbocycles. The van der Waals surface area contributed by atoms with Gasteiger partial charge in [-0.05, 0) is 36.4 Å². The Morgan fingerprint density at radius 3 is 2.24 bits per heavy atom. The second-order valence-corrected chi connectivity index (χ2v) is 8.07. The maximum Gasteiger partial charge on any atom is 0.240 e. The molecular weight excluding hydrogens is 396 g/mol. The minimum Gasteiger partial charge on any atom is -0.274 e. The Balaban J connectivity index is 1.45. The number of aromatic nitrogens is 4. The van der Waals surface area contributed by atoms with E-state index < -0.39 is 10.0 Å². The van der Waals surface area contributed by atoms with E-state index >= 15 is 0 Å². The van der Waals surface area contributed by atoms with Crippen molar-refractivity contribution in [1.82, 2.24) is 24.7 Å². The summed E-state index contributed by atoms with van der Waals surface area (Å²) in [6, 6.07) is 9.08. The molecule has 1 N–H and O–H groups in total. The maximum atomic E-state index is 12.5. The lowest BCUT2D eigenvalue weighted by atomic mass is 10.3. The Morgan fingerprint density at radius 2 is 1.59 bits per heavy atom. The molecule has 1 aromatic carbocycles. The number of carbonyl (C=O) groups is 2. The highest BCUT2D eigenvalue weighted by atomic mass is 32.2. The van der Waals surface area contributed by atoms with Crippen LogP contribution in [0.1, 0.15) is 18.5 Å². The number of pyridine rings is 1. The molecular formula is C18H16N6O4S. The van der Waals surface area contributed by atoms with E-state index in [1.165, 1.54) is 28.9 Å². The summed E-state index contributed by atoms with van der Waals surface area (Å²) in [4.78, 5) is 28.6. The van der Waals surface area contributed by atoms with E-state index in [-0.39, 0.29) is 36.1 Å². The Labute approximate surface area is 166 Å². The largest absolute Gasteiger partial charge is 0.274 e. The van der Waals surface area contributed by atoms with Crippen LogP contribution in [0.3, 0.4) is 0 Å². The summed E-state index contributed by atoms with van der Waals surface area (Å²) in [5.74, 6) is -0.581. The van der Waals surface area contributed by atoms with Crippen LogP contribution < -0.4 is 9.62 Å². The highest BCUT2D eigenvalue weighted by molar-refractivity contribution is 7.89. The van der Waals surface area contributed by atoms with Crippen molar-refractivity contribution in [3.05, 3.63) is 60.7 Å². The number of benzene rings is 1. The monoisotopic (exact) mass is 412 g/mol. The van der Waals surface area contributed by atoms with Gasteiger partial charge < -0.3 is 0 Å². The molecule has 11 heteroatoms. The van der Waals surface area contributed by atoms with Crippen molar-refractivity contribution >= 4 is 27.5 Å². The van der Waals surface area contributed by atoms with Crippen molar-refractivity contribution in [2.24, 2.45) is 0 Å². The molecule has 10 nitrogen and oxygen atoms in total. The molecule has 1 saturated heterocycles. The van der Waals surface area contributed by atoms with Gasteiger partial charge in [0, 0.05) is 25.2 Å². The summed E-state index contributed by atoms with van der Waals surface area (Å²) < 4.78 is 29.0. The van der Waals surface area contributed by atoms with E-state index in [0.717, 1.165) is 10.6 Å². The van der Waals surface area contributed by atoms with Crippen molar-refractivity contribution in [2.75, 3.05) is 4.90 Å². The van der Waals surface area contributed by atoms with E-state index in [0.29, 0.717) is 11.4 Å². The molecule has 0 radical (unpaired) electrons. The normalized spacial score (nSPS) is 14.6. The van der Waals surface area contributed by atoms with Crippen molar-refractivity contribution < 1.29 is 18.0 Å². The molecule has 1 aliphatic heterocycles. The fourth-order valence-electron chi connectivity index (χ4n) is 2.89. The SMILES string of the molecule is O=C1CCC(=O)N1c1ccc(S(=O)(=O)NCc2cn(-c3ccncc3)nn2)cc1.